The molecule has 0 unspecified atom stereocenters. The number of ether oxygens (including phenoxy) is 1. The third-order valence-corrected chi connectivity index (χ3v) is 3.72. The first-order valence-corrected chi connectivity index (χ1v) is 7.31. The Morgan fingerprint density at radius 1 is 1.21 bits per heavy atom. The summed E-state index contributed by atoms with van der Waals surface area (Å²) >= 11 is 0. The van der Waals surface area contributed by atoms with Crippen LogP contribution >= 0.6 is 0 Å². The number of aromatic amines is 1. The molecule has 1 aromatic heterocycles. The van der Waals surface area contributed by atoms with Crippen molar-refractivity contribution in [1.82, 2.24) is 10.3 Å². The van der Waals surface area contributed by atoms with E-state index in [1.54, 1.807) is 19.2 Å². The molecule has 3 aromatic rings. The van der Waals surface area contributed by atoms with E-state index in [2.05, 4.69) is 10.3 Å². The zero-order valence-electron chi connectivity index (χ0n) is 12.9. The maximum absolute atomic E-state index is 13.6. The van der Waals surface area contributed by atoms with Gasteiger partial charge in [-0.2, -0.15) is 0 Å². The molecule has 3 rings (SSSR count). The minimum atomic E-state index is -0.533. The maximum atomic E-state index is 13.6. The van der Waals surface area contributed by atoms with E-state index in [-0.39, 0.29) is 23.0 Å². The molecule has 6 heteroatoms. The van der Waals surface area contributed by atoms with Crippen LogP contribution in [0, 0.1) is 5.82 Å². The van der Waals surface area contributed by atoms with Crippen LogP contribution in [0.2, 0.25) is 0 Å². The van der Waals surface area contributed by atoms with E-state index in [1.165, 1.54) is 24.4 Å². The summed E-state index contributed by atoms with van der Waals surface area (Å²) in [7, 11) is 1.58. The van der Waals surface area contributed by atoms with Crippen molar-refractivity contribution in [3.05, 3.63) is 75.8 Å². The van der Waals surface area contributed by atoms with Crippen molar-refractivity contribution in [1.29, 1.82) is 0 Å². The first-order valence-electron chi connectivity index (χ1n) is 7.31. The molecule has 0 bridgehead atoms. The molecular weight excluding hydrogens is 311 g/mol. The summed E-state index contributed by atoms with van der Waals surface area (Å²) in [6.07, 6.45) is 1.23. The second kappa shape index (κ2) is 6.54. The first-order chi connectivity index (χ1) is 11.6. The van der Waals surface area contributed by atoms with Gasteiger partial charge in [0.1, 0.15) is 17.1 Å². The number of halogens is 1. The molecule has 0 saturated heterocycles. The Morgan fingerprint density at radius 2 is 1.96 bits per heavy atom. The van der Waals surface area contributed by atoms with Crippen molar-refractivity contribution in [3.63, 3.8) is 0 Å². The molecule has 0 aliphatic rings. The topological polar surface area (TPSA) is 71.2 Å². The number of nitrogens with one attached hydrogen (secondary N) is 2. The largest absolute Gasteiger partial charge is 0.497 e. The van der Waals surface area contributed by atoms with Crippen LogP contribution in [0.25, 0.3) is 10.9 Å². The molecule has 5 nitrogen and oxygen atoms in total. The number of carbonyl (C=O) groups is 1. The van der Waals surface area contributed by atoms with E-state index in [0.717, 1.165) is 11.3 Å². The van der Waals surface area contributed by atoms with Gasteiger partial charge in [-0.15, -0.1) is 0 Å². The number of carbonyl (C=O) groups excluding carboxylic acids is 1. The number of para-hydroxylation sites is 1. The van der Waals surface area contributed by atoms with Crippen LogP contribution in [0.5, 0.6) is 5.75 Å². The lowest BCUT2D eigenvalue weighted by molar-refractivity contribution is 0.0949. The Hall–Kier alpha value is -3.15. The molecule has 0 radical (unpaired) electrons. The summed E-state index contributed by atoms with van der Waals surface area (Å²) in [6, 6.07) is 11.4. The molecule has 0 fully saturated rings. The highest BCUT2D eigenvalue weighted by Gasteiger charge is 2.14. The number of methoxy groups -OCH3 is 1. The molecule has 0 aliphatic heterocycles. The van der Waals surface area contributed by atoms with Crippen molar-refractivity contribution in [2.75, 3.05) is 7.11 Å². The molecule has 0 aliphatic carbocycles. The number of hydrogen-bond donors (Lipinski definition) is 2. The summed E-state index contributed by atoms with van der Waals surface area (Å²) in [4.78, 5) is 27.3. The Kier molecular flexibility index (Phi) is 4.29. The number of hydrogen-bond acceptors (Lipinski definition) is 3. The number of fused-ring (bicyclic) bond motifs is 1. The number of pyridine rings is 1. The average Bonchev–Trinajstić information content (AvgIpc) is 2.61. The third-order valence-electron chi connectivity index (χ3n) is 3.72. The smallest absolute Gasteiger partial charge is 0.257 e. The van der Waals surface area contributed by atoms with Gasteiger partial charge in [0.2, 0.25) is 5.43 Å². The Labute approximate surface area is 137 Å². The van der Waals surface area contributed by atoms with Crippen molar-refractivity contribution in [2.24, 2.45) is 0 Å². The van der Waals surface area contributed by atoms with Crippen molar-refractivity contribution >= 4 is 16.8 Å². The van der Waals surface area contributed by atoms with E-state index >= 15 is 0 Å². The number of rotatable bonds is 4. The monoisotopic (exact) mass is 326 g/mol. The van der Waals surface area contributed by atoms with Crippen LogP contribution in [-0.4, -0.2) is 18.0 Å². The van der Waals surface area contributed by atoms with Gasteiger partial charge in [-0.05, 0) is 29.8 Å². The van der Waals surface area contributed by atoms with Crippen LogP contribution in [0.3, 0.4) is 0 Å². The zero-order valence-corrected chi connectivity index (χ0v) is 12.9. The Morgan fingerprint density at radius 3 is 2.67 bits per heavy atom. The van der Waals surface area contributed by atoms with Gasteiger partial charge in [0.05, 0.1) is 12.6 Å². The van der Waals surface area contributed by atoms with E-state index in [0.29, 0.717) is 0 Å². The lowest BCUT2D eigenvalue weighted by Crippen LogP contribution is -2.28. The fourth-order valence-electron chi connectivity index (χ4n) is 2.40. The summed E-state index contributed by atoms with van der Waals surface area (Å²) in [5, 5.41) is 2.82. The molecule has 0 spiro atoms. The van der Waals surface area contributed by atoms with Crippen LogP contribution in [0.4, 0.5) is 4.39 Å². The minimum absolute atomic E-state index is 0.0541. The second-order valence-corrected chi connectivity index (χ2v) is 5.22. The quantitative estimate of drug-likeness (QED) is 0.774. The van der Waals surface area contributed by atoms with E-state index < -0.39 is 17.2 Å². The van der Waals surface area contributed by atoms with Crippen LogP contribution in [0.15, 0.2) is 53.5 Å². The molecule has 1 heterocycles. The number of amides is 1. The first kappa shape index (κ1) is 15.7. The summed E-state index contributed by atoms with van der Waals surface area (Å²) in [5.74, 6) is -0.328. The molecular formula is C18H15FN2O3. The highest BCUT2D eigenvalue weighted by Crippen LogP contribution is 2.13. The minimum Gasteiger partial charge on any atom is -0.497 e. The van der Waals surface area contributed by atoms with Gasteiger partial charge in [-0.3, -0.25) is 9.59 Å². The van der Waals surface area contributed by atoms with Crippen LogP contribution in [0.1, 0.15) is 15.9 Å². The summed E-state index contributed by atoms with van der Waals surface area (Å²) < 4.78 is 18.7. The summed E-state index contributed by atoms with van der Waals surface area (Å²) in [6.45, 7) is 0.267. The molecule has 2 N–H and O–H groups in total. The maximum Gasteiger partial charge on any atom is 0.257 e. The number of benzene rings is 2. The lowest BCUT2D eigenvalue weighted by atomic mass is 10.1. The normalized spacial score (nSPS) is 10.6. The highest BCUT2D eigenvalue weighted by molar-refractivity contribution is 5.97. The predicted octanol–water partition coefficient (Wildman–Crippen LogP) is 2.61. The fraction of sp³-hybridized carbons (Fsp3) is 0.111. The standard InChI is InChI=1S/C18H15FN2O3/c1-24-12-7-5-11(6-8-12)9-21-18(23)14-10-20-16-13(17(14)22)3-2-4-15(16)19/h2-8,10H,9H2,1H3,(H,20,22)(H,21,23). The number of H-pyrrole nitrogens is 1. The van der Waals surface area contributed by atoms with E-state index in [4.69, 9.17) is 4.74 Å². The molecule has 24 heavy (non-hydrogen) atoms. The van der Waals surface area contributed by atoms with E-state index in [1.807, 2.05) is 12.1 Å². The summed E-state index contributed by atoms with van der Waals surface area (Å²) in [5.41, 5.74) is 0.402. The van der Waals surface area contributed by atoms with Crippen LogP contribution < -0.4 is 15.5 Å². The van der Waals surface area contributed by atoms with Crippen molar-refractivity contribution in [2.45, 2.75) is 6.54 Å². The van der Waals surface area contributed by atoms with Gasteiger partial charge >= 0.3 is 0 Å². The highest BCUT2D eigenvalue weighted by atomic mass is 19.1. The molecule has 0 atom stereocenters. The predicted molar refractivity (Wildman–Crippen MR) is 88.7 cm³/mol. The van der Waals surface area contributed by atoms with E-state index in [9.17, 15) is 14.0 Å². The fourth-order valence-corrected chi connectivity index (χ4v) is 2.40. The second-order valence-electron chi connectivity index (χ2n) is 5.22. The molecule has 0 saturated carbocycles. The van der Waals surface area contributed by atoms with Gasteiger partial charge in [-0.1, -0.05) is 18.2 Å². The van der Waals surface area contributed by atoms with Crippen LogP contribution in [-0.2, 0) is 6.54 Å². The molecule has 122 valence electrons. The van der Waals surface area contributed by atoms with Gasteiger partial charge in [0.15, 0.2) is 0 Å². The Balaban J connectivity index is 1.81. The Bertz CT molecular complexity index is 949. The van der Waals surface area contributed by atoms with Crippen molar-refractivity contribution < 1.29 is 13.9 Å². The van der Waals surface area contributed by atoms with Gasteiger partial charge in [0, 0.05) is 18.1 Å². The molecule has 2 aromatic carbocycles. The zero-order chi connectivity index (χ0) is 17.1. The van der Waals surface area contributed by atoms with Gasteiger partial charge in [-0.25, -0.2) is 4.39 Å². The van der Waals surface area contributed by atoms with Crippen molar-refractivity contribution in [3.8, 4) is 5.75 Å². The lowest BCUT2D eigenvalue weighted by Gasteiger charge is -2.07. The SMILES string of the molecule is COc1ccc(CNC(=O)c2c[nH]c3c(F)cccc3c2=O)cc1. The molecule has 1 amide bonds. The average molecular weight is 326 g/mol. The van der Waals surface area contributed by atoms with Gasteiger partial charge < -0.3 is 15.0 Å². The third kappa shape index (κ3) is 2.99. The van der Waals surface area contributed by atoms with Gasteiger partial charge in [0.25, 0.3) is 5.91 Å². The number of aromatic nitrogens is 1.